The van der Waals surface area contributed by atoms with Crippen molar-refractivity contribution < 1.29 is 19.1 Å². The monoisotopic (exact) mass is 390 g/mol. The summed E-state index contributed by atoms with van der Waals surface area (Å²) >= 11 is 0. The molecule has 4 rings (SSSR count). The number of oxazole rings is 1. The van der Waals surface area contributed by atoms with Crippen LogP contribution in [0, 0.1) is 12.8 Å². The van der Waals surface area contributed by atoms with Crippen LogP contribution in [0.2, 0.25) is 0 Å². The molecule has 148 valence electrons. The second-order valence-corrected chi connectivity index (χ2v) is 7.02. The number of aromatic hydroxyl groups is 1. The third-order valence-corrected chi connectivity index (χ3v) is 5.16. The van der Waals surface area contributed by atoms with Crippen molar-refractivity contribution >= 4 is 11.5 Å². The van der Waals surface area contributed by atoms with Crippen molar-refractivity contribution in [2.75, 3.05) is 7.11 Å². The van der Waals surface area contributed by atoms with Crippen LogP contribution < -0.4 is 10.1 Å². The molecule has 0 aliphatic heterocycles. The molecule has 0 saturated heterocycles. The topological polar surface area (TPSA) is 84.6 Å². The van der Waals surface area contributed by atoms with Gasteiger partial charge in [-0.05, 0) is 43.2 Å². The molecule has 1 aliphatic rings. The third kappa shape index (κ3) is 3.61. The Balaban J connectivity index is 1.42. The molecule has 0 bridgehead atoms. The lowest BCUT2D eigenvalue weighted by Gasteiger charge is -2.04. The van der Waals surface area contributed by atoms with E-state index in [0.717, 1.165) is 16.7 Å². The van der Waals surface area contributed by atoms with E-state index in [1.54, 1.807) is 19.1 Å². The van der Waals surface area contributed by atoms with Crippen molar-refractivity contribution in [2.24, 2.45) is 5.92 Å². The maximum absolute atomic E-state index is 12.6. The van der Waals surface area contributed by atoms with E-state index in [1.807, 2.05) is 37.3 Å². The minimum absolute atomic E-state index is 0.0134. The van der Waals surface area contributed by atoms with Gasteiger partial charge >= 0.3 is 0 Å². The lowest BCUT2D eigenvalue weighted by molar-refractivity contribution is -0.121. The summed E-state index contributed by atoms with van der Waals surface area (Å²) < 4.78 is 10.8. The molecular weight excluding hydrogens is 368 g/mol. The molecule has 2 N–H and O–H groups in total. The Labute approximate surface area is 168 Å². The van der Waals surface area contributed by atoms with E-state index in [9.17, 15) is 9.90 Å². The van der Waals surface area contributed by atoms with E-state index >= 15 is 0 Å². The van der Waals surface area contributed by atoms with E-state index in [4.69, 9.17) is 9.15 Å². The molecule has 3 aromatic rings. The van der Waals surface area contributed by atoms with Gasteiger partial charge in [0, 0.05) is 5.56 Å². The quantitative estimate of drug-likeness (QED) is 0.662. The average Bonchev–Trinajstić information content (AvgIpc) is 3.26. The number of carbonyl (C=O) groups excluding carboxylic acids is 1. The zero-order valence-electron chi connectivity index (χ0n) is 16.5. The van der Waals surface area contributed by atoms with Gasteiger partial charge in [0.05, 0.1) is 19.6 Å². The Morgan fingerprint density at radius 1 is 1.17 bits per heavy atom. The molecule has 1 heterocycles. The number of hydrogen-bond acceptors (Lipinski definition) is 5. The van der Waals surface area contributed by atoms with E-state index in [0.29, 0.717) is 28.7 Å². The molecule has 1 aromatic heterocycles. The maximum atomic E-state index is 12.6. The number of phenols is 1. The van der Waals surface area contributed by atoms with Crippen molar-refractivity contribution in [1.82, 2.24) is 10.3 Å². The highest BCUT2D eigenvalue weighted by Crippen LogP contribution is 2.46. The van der Waals surface area contributed by atoms with Crippen LogP contribution in [0.4, 0.5) is 0 Å². The van der Waals surface area contributed by atoms with E-state index in [-0.39, 0.29) is 24.1 Å². The average molecular weight is 390 g/mol. The summed E-state index contributed by atoms with van der Waals surface area (Å²) in [4.78, 5) is 17.1. The zero-order chi connectivity index (χ0) is 20.5. The van der Waals surface area contributed by atoms with Crippen LogP contribution in [0.1, 0.15) is 23.9 Å². The van der Waals surface area contributed by atoms with Crippen LogP contribution in [-0.4, -0.2) is 23.1 Å². The molecule has 1 unspecified atom stereocenters. The first-order chi connectivity index (χ1) is 14.0. The summed E-state index contributed by atoms with van der Waals surface area (Å²) in [6.07, 6.45) is 0. The Kier molecular flexibility index (Phi) is 4.84. The van der Waals surface area contributed by atoms with Gasteiger partial charge in [-0.1, -0.05) is 35.9 Å². The molecule has 1 atom stereocenters. The van der Waals surface area contributed by atoms with Gasteiger partial charge in [0.25, 0.3) is 0 Å². The lowest BCUT2D eigenvalue weighted by atomic mass is 10.1. The summed E-state index contributed by atoms with van der Waals surface area (Å²) in [5.74, 6) is 1.19. The van der Waals surface area contributed by atoms with Crippen LogP contribution in [0.25, 0.3) is 17.0 Å². The number of nitrogens with one attached hydrogen (secondary N) is 1. The Bertz CT molecular complexity index is 1100. The third-order valence-electron chi connectivity index (χ3n) is 5.16. The molecule has 6 nitrogen and oxygen atoms in total. The number of carbonyl (C=O) groups is 1. The van der Waals surface area contributed by atoms with E-state index in [1.165, 1.54) is 13.2 Å². The van der Waals surface area contributed by atoms with Gasteiger partial charge in [-0.15, -0.1) is 0 Å². The molecule has 1 amide bonds. The number of methoxy groups -OCH3 is 1. The fraction of sp³-hybridized carbons (Fsp3) is 0.217. The molecule has 0 spiro atoms. The van der Waals surface area contributed by atoms with Crippen LogP contribution in [0.5, 0.6) is 11.5 Å². The number of benzene rings is 2. The Morgan fingerprint density at radius 3 is 2.62 bits per heavy atom. The van der Waals surface area contributed by atoms with Crippen molar-refractivity contribution in [3.63, 3.8) is 0 Å². The highest BCUT2D eigenvalue weighted by Gasteiger charge is 2.39. The molecule has 0 fully saturated rings. The van der Waals surface area contributed by atoms with Gasteiger partial charge < -0.3 is 19.6 Å². The predicted molar refractivity (Wildman–Crippen MR) is 109 cm³/mol. The number of amides is 1. The van der Waals surface area contributed by atoms with Gasteiger partial charge in [0.15, 0.2) is 11.5 Å². The van der Waals surface area contributed by atoms with Gasteiger partial charge in [-0.25, -0.2) is 4.98 Å². The predicted octanol–water partition coefficient (Wildman–Crippen LogP) is 4.08. The minimum Gasteiger partial charge on any atom is -0.504 e. The number of aromatic nitrogens is 1. The SMILES string of the molecule is COc1ccc(-c2nc(CNC(=O)C3C(C)=C3c3ccccc3)c(C)o2)cc1O. The number of aryl methyl sites for hydroxylation is 1. The molecule has 2 aromatic carbocycles. The van der Waals surface area contributed by atoms with Crippen molar-refractivity contribution in [1.29, 1.82) is 0 Å². The van der Waals surface area contributed by atoms with Crippen LogP contribution in [0.15, 0.2) is 58.5 Å². The molecule has 0 radical (unpaired) electrons. The van der Waals surface area contributed by atoms with Gasteiger partial charge in [-0.2, -0.15) is 0 Å². The van der Waals surface area contributed by atoms with Crippen molar-refractivity contribution in [3.8, 4) is 23.0 Å². The highest BCUT2D eigenvalue weighted by atomic mass is 16.5. The first kappa shape index (κ1) is 18.8. The molecule has 6 heteroatoms. The largest absolute Gasteiger partial charge is 0.504 e. The van der Waals surface area contributed by atoms with Crippen LogP contribution >= 0.6 is 0 Å². The summed E-state index contributed by atoms with van der Waals surface area (Å²) in [5.41, 5.74) is 4.57. The molecule has 0 saturated carbocycles. The van der Waals surface area contributed by atoms with E-state index < -0.39 is 0 Å². The second-order valence-electron chi connectivity index (χ2n) is 7.02. The number of phenolic OH excluding ortho intramolecular Hbond substituents is 1. The van der Waals surface area contributed by atoms with Gasteiger partial charge in [0.2, 0.25) is 11.8 Å². The normalized spacial score (nSPS) is 15.3. The molecule has 1 aliphatic carbocycles. The lowest BCUT2D eigenvalue weighted by Crippen LogP contribution is -2.26. The van der Waals surface area contributed by atoms with Gasteiger partial charge in [-0.3, -0.25) is 4.79 Å². The second kappa shape index (κ2) is 7.47. The van der Waals surface area contributed by atoms with Crippen molar-refractivity contribution in [2.45, 2.75) is 20.4 Å². The standard InChI is InChI=1S/C23H22N2O4/c1-13-20(15-7-5-4-6-8-15)21(13)22(27)24-12-17-14(2)29-23(25-17)16-9-10-19(28-3)18(26)11-16/h4-11,21,26H,12H2,1-3H3,(H,24,27). The first-order valence-corrected chi connectivity index (χ1v) is 9.37. The summed E-state index contributed by atoms with van der Waals surface area (Å²) in [6, 6.07) is 14.9. The first-order valence-electron chi connectivity index (χ1n) is 9.37. The van der Waals surface area contributed by atoms with E-state index in [2.05, 4.69) is 10.3 Å². The Hall–Kier alpha value is -3.54. The number of nitrogens with zero attached hydrogens (tertiary/aromatic N) is 1. The minimum atomic E-state index is -0.178. The number of rotatable bonds is 6. The molecule has 29 heavy (non-hydrogen) atoms. The summed E-state index contributed by atoms with van der Waals surface area (Å²) in [6.45, 7) is 4.07. The van der Waals surface area contributed by atoms with Crippen LogP contribution in [0.3, 0.4) is 0 Å². The zero-order valence-corrected chi connectivity index (χ0v) is 16.5. The number of hydrogen-bond donors (Lipinski definition) is 2. The smallest absolute Gasteiger partial charge is 0.232 e. The molecular formula is C23H22N2O4. The fourth-order valence-corrected chi connectivity index (χ4v) is 3.48. The Morgan fingerprint density at radius 2 is 1.93 bits per heavy atom. The maximum Gasteiger partial charge on any atom is 0.232 e. The summed E-state index contributed by atoms with van der Waals surface area (Å²) in [5, 5.41) is 12.9. The summed E-state index contributed by atoms with van der Waals surface area (Å²) in [7, 11) is 1.49. The van der Waals surface area contributed by atoms with Gasteiger partial charge in [0.1, 0.15) is 11.5 Å². The van der Waals surface area contributed by atoms with Crippen molar-refractivity contribution in [3.05, 3.63) is 71.1 Å². The highest BCUT2D eigenvalue weighted by molar-refractivity contribution is 6.05. The van der Waals surface area contributed by atoms with Crippen LogP contribution in [-0.2, 0) is 11.3 Å². The number of ether oxygens (including phenoxy) is 1. The fourth-order valence-electron chi connectivity index (χ4n) is 3.48.